The quantitative estimate of drug-likeness (QED) is 0.651. The van der Waals surface area contributed by atoms with Crippen molar-refractivity contribution >= 4 is 23.2 Å². The molecule has 0 saturated carbocycles. The van der Waals surface area contributed by atoms with Crippen molar-refractivity contribution in [3.63, 3.8) is 0 Å². The molecule has 0 aliphatic carbocycles. The summed E-state index contributed by atoms with van der Waals surface area (Å²) in [5.74, 6) is 0.863. The molecule has 1 amide bonds. The summed E-state index contributed by atoms with van der Waals surface area (Å²) in [4.78, 5) is 17.2. The van der Waals surface area contributed by atoms with Crippen molar-refractivity contribution < 1.29 is 9.21 Å². The molecule has 1 saturated heterocycles. The topological polar surface area (TPSA) is 48.7 Å². The number of carbonyl (C=O) groups is 1. The number of furan rings is 1. The normalized spacial score (nSPS) is 15.3. The summed E-state index contributed by atoms with van der Waals surface area (Å²) in [7, 11) is 0. The first kappa shape index (κ1) is 19.7. The van der Waals surface area contributed by atoms with Gasteiger partial charge in [-0.05, 0) is 48.0 Å². The Balaban J connectivity index is 1.26. The Bertz CT molecular complexity index is 933. The number of hydrogen-bond donors (Lipinski definition) is 1. The lowest BCUT2D eigenvalue weighted by atomic mass is 10.1. The molecule has 3 aromatic rings. The predicted molar refractivity (Wildman–Crippen MR) is 115 cm³/mol. The van der Waals surface area contributed by atoms with Crippen molar-refractivity contribution in [2.75, 3.05) is 31.5 Å². The van der Waals surface area contributed by atoms with Gasteiger partial charge in [0.15, 0.2) is 0 Å². The molecule has 5 nitrogen and oxygen atoms in total. The zero-order chi connectivity index (χ0) is 20.1. The average molecular weight is 410 g/mol. The monoisotopic (exact) mass is 409 g/mol. The SMILES string of the molecule is O=C(Nc1ccc(CN2CCN(Cc3ccco3)CC2)cc1)c1cccc(Cl)c1. The number of nitrogens with zero attached hydrogens (tertiary/aromatic N) is 2. The van der Waals surface area contributed by atoms with Gasteiger partial charge in [-0.15, -0.1) is 0 Å². The van der Waals surface area contributed by atoms with Gasteiger partial charge >= 0.3 is 0 Å². The van der Waals surface area contributed by atoms with Crippen LogP contribution in [0.25, 0.3) is 0 Å². The first-order valence-electron chi connectivity index (χ1n) is 9.79. The first-order valence-corrected chi connectivity index (χ1v) is 10.2. The molecular weight excluding hydrogens is 386 g/mol. The molecule has 0 unspecified atom stereocenters. The van der Waals surface area contributed by atoms with Crippen LogP contribution in [0, 0.1) is 0 Å². The van der Waals surface area contributed by atoms with E-state index in [1.807, 2.05) is 24.3 Å². The molecule has 150 valence electrons. The van der Waals surface area contributed by atoms with Gasteiger partial charge in [0, 0.05) is 49.0 Å². The lowest BCUT2D eigenvalue weighted by Crippen LogP contribution is -2.45. The van der Waals surface area contributed by atoms with Crippen molar-refractivity contribution in [2.45, 2.75) is 13.1 Å². The third-order valence-electron chi connectivity index (χ3n) is 5.13. The molecule has 1 fully saturated rings. The van der Waals surface area contributed by atoms with Crippen LogP contribution in [0.4, 0.5) is 5.69 Å². The predicted octanol–water partition coefficient (Wildman–Crippen LogP) is 4.50. The highest BCUT2D eigenvalue weighted by atomic mass is 35.5. The number of anilines is 1. The molecule has 0 atom stereocenters. The second-order valence-corrected chi connectivity index (χ2v) is 7.73. The molecule has 0 bridgehead atoms. The summed E-state index contributed by atoms with van der Waals surface area (Å²) in [5, 5.41) is 3.47. The van der Waals surface area contributed by atoms with Gasteiger partial charge in [0.1, 0.15) is 5.76 Å². The van der Waals surface area contributed by atoms with E-state index in [-0.39, 0.29) is 5.91 Å². The Morgan fingerprint density at radius 1 is 0.931 bits per heavy atom. The summed E-state index contributed by atoms with van der Waals surface area (Å²) >= 11 is 5.96. The maximum atomic E-state index is 12.3. The van der Waals surface area contributed by atoms with E-state index in [2.05, 4.69) is 27.2 Å². The third kappa shape index (κ3) is 5.48. The Labute approximate surface area is 175 Å². The highest BCUT2D eigenvalue weighted by Crippen LogP contribution is 2.16. The fraction of sp³-hybridized carbons (Fsp3) is 0.261. The summed E-state index contributed by atoms with van der Waals surface area (Å²) in [6.45, 7) is 5.93. The van der Waals surface area contributed by atoms with E-state index in [1.54, 1.807) is 30.5 Å². The molecule has 1 aliphatic heterocycles. The first-order chi connectivity index (χ1) is 14.2. The van der Waals surface area contributed by atoms with Crippen molar-refractivity contribution in [3.05, 3.63) is 88.8 Å². The van der Waals surface area contributed by atoms with E-state index < -0.39 is 0 Å². The highest BCUT2D eigenvalue weighted by Gasteiger charge is 2.18. The van der Waals surface area contributed by atoms with Gasteiger partial charge < -0.3 is 9.73 Å². The summed E-state index contributed by atoms with van der Waals surface area (Å²) in [5.41, 5.74) is 2.57. The third-order valence-corrected chi connectivity index (χ3v) is 5.36. The van der Waals surface area contributed by atoms with E-state index in [9.17, 15) is 4.79 Å². The standard InChI is InChI=1S/C23H24ClN3O2/c24-20-4-1-3-19(15-20)23(28)25-21-8-6-18(7-9-21)16-26-10-12-27(13-11-26)17-22-5-2-14-29-22/h1-9,14-15H,10-13,16-17H2,(H,25,28). The van der Waals surface area contributed by atoms with E-state index in [4.69, 9.17) is 16.0 Å². The fourth-order valence-corrected chi connectivity index (χ4v) is 3.70. The number of nitrogens with one attached hydrogen (secondary N) is 1. The molecule has 1 N–H and O–H groups in total. The smallest absolute Gasteiger partial charge is 0.255 e. The van der Waals surface area contributed by atoms with E-state index in [1.165, 1.54) is 5.56 Å². The van der Waals surface area contributed by atoms with Crippen LogP contribution in [-0.2, 0) is 13.1 Å². The molecule has 2 heterocycles. The lowest BCUT2D eigenvalue weighted by Gasteiger charge is -2.34. The lowest BCUT2D eigenvalue weighted by molar-refractivity contribution is 0.102. The molecule has 1 aliphatic rings. The second kappa shape index (κ2) is 9.27. The Morgan fingerprint density at radius 3 is 2.31 bits per heavy atom. The molecule has 0 radical (unpaired) electrons. The number of hydrogen-bond acceptors (Lipinski definition) is 4. The molecule has 4 rings (SSSR count). The van der Waals surface area contributed by atoms with E-state index >= 15 is 0 Å². The van der Waals surface area contributed by atoms with Crippen molar-refractivity contribution in [3.8, 4) is 0 Å². The minimum absolute atomic E-state index is 0.159. The molecule has 2 aromatic carbocycles. The van der Waals surface area contributed by atoms with Gasteiger partial charge in [-0.2, -0.15) is 0 Å². The van der Waals surface area contributed by atoms with Gasteiger partial charge in [0.25, 0.3) is 5.91 Å². The highest BCUT2D eigenvalue weighted by molar-refractivity contribution is 6.31. The van der Waals surface area contributed by atoms with Crippen molar-refractivity contribution in [2.24, 2.45) is 0 Å². The number of halogens is 1. The van der Waals surface area contributed by atoms with E-state index in [0.29, 0.717) is 10.6 Å². The minimum atomic E-state index is -0.159. The fourth-order valence-electron chi connectivity index (χ4n) is 3.51. The van der Waals surface area contributed by atoms with Gasteiger partial charge in [0.2, 0.25) is 0 Å². The molecule has 1 aromatic heterocycles. The molecule has 6 heteroatoms. The molecule has 0 spiro atoms. The van der Waals surface area contributed by atoms with Gasteiger partial charge in [-0.25, -0.2) is 0 Å². The van der Waals surface area contributed by atoms with Crippen LogP contribution in [0.5, 0.6) is 0 Å². The van der Waals surface area contributed by atoms with Crippen LogP contribution in [0.1, 0.15) is 21.7 Å². The van der Waals surface area contributed by atoms with E-state index in [0.717, 1.165) is 50.7 Å². The minimum Gasteiger partial charge on any atom is -0.468 e. The van der Waals surface area contributed by atoms with Crippen LogP contribution in [-0.4, -0.2) is 41.9 Å². The summed E-state index contributed by atoms with van der Waals surface area (Å²) in [6.07, 6.45) is 1.73. The van der Waals surface area contributed by atoms with Gasteiger partial charge in [-0.1, -0.05) is 29.8 Å². The number of carbonyl (C=O) groups excluding carboxylic acids is 1. The number of benzene rings is 2. The van der Waals surface area contributed by atoms with Crippen LogP contribution >= 0.6 is 11.6 Å². The van der Waals surface area contributed by atoms with Crippen LogP contribution in [0.2, 0.25) is 5.02 Å². The van der Waals surface area contributed by atoms with Gasteiger partial charge in [-0.3, -0.25) is 14.6 Å². The average Bonchev–Trinajstić information content (AvgIpc) is 3.24. The second-order valence-electron chi connectivity index (χ2n) is 7.29. The van der Waals surface area contributed by atoms with Crippen LogP contribution in [0.15, 0.2) is 71.3 Å². The Hall–Kier alpha value is -2.60. The summed E-state index contributed by atoms with van der Waals surface area (Å²) in [6, 6.07) is 18.9. The maximum absolute atomic E-state index is 12.3. The summed E-state index contributed by atoms with van der Waals surface area (Å²) < 4.78 is 5.44. The Morgan fingerprint density at radius 2 is 1.66 bits per heavy atom. The maximum Gasteiger partial charge on any atom is 0.255 e. The number of rotatable bonds is 6. The molecule has 29 heavy (non-hydrogen) atoms. The van der Waals surface area contributed by atoms with Crippen LogP contribution in [0.3, 0.4) is 0 Å². The number of piperazine rings is 1. The molecular formula is C23H24ClN3O2. The Kier molecular flexibility index (Phi) is 6.30. The van der Waals surface area contributed by atoms with Gasteiger partial charge in [0.05, 0.1) is 12.8 Å². The largest absolute Gasteiger partial charge is 0.468 e. The zero-order valence-electron chi connectivity index (χ0n) is 16.2. The van der Waals surface area contributed by atoms with Crippen LogP contribution < -0.4 is 5.32 Å². The van der Waals surface area contributed by atoms with Crippen molar-refractivity contribution in [1.82, 2.24) is 9.80 Å². The zero-order valence-corrected chi connectivity index (χ0v) is 16.9. The van der Waals surface area contributed by atoms with Crippen molar-refractivity contribution in [1.29, 1.82) is 0 Å². The number of amides is 1.